The molecule has 1 aliphatic rings. The summed E-state index contributed by atoms with van der Waals surface area (Å²) in [4.78, 5) is 0. The van der Waals surface area contributed by atoms with Crippen LogP contribution in [0.15, 0.2) is 24.3 Å². The van der Waals surface area contributed by atoms with Crippen LogP contribution in [0.2, 0.25) is 0 Å². The molecule has 2 rings (SSSR count). The maximum absolute atomic E-state index is 5.46. The lowest BCUT2D eigenvalue weighted by Gasteiger charge is -2.42. The van der Waals surface area contributed by atoms with Gasteiger partial charge in [-0.2, -0.15) is 0 Å². The standard InChI is InChI=1S/C15H23NO/c1-3-13-5-7-14(8-6-13)15(11-17-12-15)9-4-10-16-2/h5-8,16H,3-4,9-12H2,1-2H3. The van der Waals surface area contributed by atoms with E-state index in [9.17, 15) is 0 Å². The maximum atomic E-state index is 5.46. The summed E-state index contributed by atoms with van der Waals surface area (Å²) in [6, 6.07) is 9.10. The molecule has 0 bridgehead atoms. The van der Waals surface area contributed by atoms with Gasteiger partial charge in [0.2, 0.25) is 0 Å². The van der Waals surface area contributed by atoms with Crippen molar-refractivity contribution in [2.75, 3.05) is 26.8 Å². The van der Waals surface area contributed by atoms with E-state index in [4.69, 9.17) is 4.74 Å². The lowest BCUT2D eigenvalue weighted by molar-refractivity contribution is -0.0650. The zero-order valence-corrected chi connectivity index (χ0v) is 11.0. The molecular weight excluding hydrogens is 210 g/mol. The fourth-order valence-electron chi connectivity index (χ4n) is 2.50. The van der Waals surface area contributed by atoms with Crippen molar-refractivity contribution in [3.05, 3.63) is 35.4 Å². The Bertz CT molecular complexity index is 340. The van der Waals surface area contributed by atoms with Crippen molar-refractivity contribution in [3.8, 4) is 0 Å². The van der Waals surface area contributed by atoms with Crippen molar-refractivity contribution in [3.63, 3.8) is 0 Å². The lowest BCUT2D eigenvalue weighted by atomic mass is 9.75. The summed E-state index contributed by atoms with van der Waals surface area (Å²) in [5.41, 5.74) is 3.17. The normalized spacial score (nSPS) is 17.8. The number of ether oxygens (including phenoxy) is 1. The molecular formula is C15H23NO. The van der Waals surface area contributed by atoms with Crippen molar-refractivity contribution in [2.24, 2.45) is 0 Å². The Hall–Kier alpha value is -0.860. The predicted molar refractivity (Wildman–Crippen MR) is 71.5 cm³/mol. The third kappa shape index (κ3) is 2.70. The molecule has 0 unspecified atom stereocenters. The van der Waals surface area contributed by atoms with E-state index in [1.807, 2.05) is 7.05 Å². The summed E-state index contributed by atoms with van der Waals surface area (Å²) in [5.74, 6) is 0. The molecule has 1 aliphatic heterocycles. The second-order valence-electron chi connectivity index (χ2n) is 5.03. The summed E-state index contributed by atoms with van der Waals surface area (Å²) in [5, 5.41) is 3.22. The minimum absolute atomic E-state index is 0.295. The van der Waals surface area contributed by atoms with E-state index < -0.39 is 0 Å². The molecule has 1 fully saturated rings. The van der Waals surface area contributed by atoms with Crippen LogP contribution in [0.1, 0.15) is 30.9 Å². The number of hydrogen-bond donors (Lipinski definition) is 1. The Labute approximate surface area is 104 Å². The van der Waals surface area contributed by atoms with Gasteiger partial charge in [0, 0.05) is 5.41 Å². The average Bonchev–Trinajstić information content (AvgIpc) is 2.33. The first kappa shape index (κ1) is 12.6. The van der Waals surface area contributed by atoms with Crippen LogP contribution in [0.3, 0.4) is 0 Å². The second-order valence-corrected chi connectivity index (χ2v) is 5.03. The molecule has 0 spiro atoms. The van der Waals surface area contributed by atoms with E-state index in [0.717, 1.165) is 26.2 Å². The fraction of sp³-hybridized carbons (Fsp3) is 0.600. The Morgan fingerprint density at radius 2 is 1.94 bits per heavy atom. The summed E-state index contributed by atoms with van der Waals surface area (Å²) >= 11 is 0. The van der Waals surface area contributed by atoms with Gasteiger partial charge in [-0.15, -0.1) is 0 Å². The first-order valence-corrected chi connectivity index (χ1v) is 6.62. The molecule has 0 aromatic heterocycles. The third-order valence-electron chi connectivity index (χ3n) is 3.81. The van der Waals surface area contributed by atoms with Gasteiger partial charge in [0.05, 0.1) is 13.2 Å². The summed E-state index contributed by atoms with van der Waals surface area (Å²) in [6.45, 7) is 5.07. The van der Waals surface area contributed by atoms with Crippen LogP contribution in [0.25, 0.3) is 0 Å². The van der Waals surface area contributed by atoms with Gasteiger partial charge in [-0.1, -0.05) is 31.2 Å². The molecule has 0 amide bonds. The molecule has 94 valence electrons. The number of hydrogen-bond acceptors (Lipinski definition) is 2. The topological polar surface area (TPSA) is 21.3 Å². The van der Waals surface area contributed by atoms with Crippen LogP contribution >= 0.6 is 0 Å². The number of aryl methyl sites for hydroxylation is 1. The zero-order valence-electron chi connectivity index (χ0n) is 11.0. The zero-order chi connectivity index (χ0) is 12.1. The van der Waals surface area contributed by atoms with E-state index in [2.05, 4.69) is 36.5 Å². The van der Waals surface area contributed by atoms with Gasteiger partial charge >= 0.3 is 0 Å². The monoisotopic (exact) mass is 233 g/mol. The largest absolute Gasteiger partial charge is 0.379 e. The fourth-order valence-corrected chi connectivity index (χ4v) is 2.50. The van der Waals surface area contributed by atoms with Crippen LogP contribution in [0, 0.1) is 0 Å². The molecule has 2 heteroatoms. The minimum atomic E-state index is 0.295. The first-order chi connectivity index (χ1) is 8.30. The van der Waals surface area contributed by atoms with Crippen LogP contribution in [0.5, 0.6) is 0 Å². The molecule has 2 nitrogen and oxygen atoms in total. The highest BCUT2D eigenvalue weighted by molar-refractivity contribution is 5.31. The Balaban J connectivity index is 2.05. The minimum Gasteiger partial charge on any atom is -0.379 e. The van der Waals surface area contributed by atoms with Gasteiger partial charge in [-0.3, -0.25) is 0 Å². The molecule has 0 aliphatic carbocycles. The highest BCUT2D eigenvalue weighted by atomic mass is 16.5. The van der Waals surface area contributed by atoms with Crippen molar-refractivity contribution < 1.29 is 4.74 Å². The number of rotatable bonds is 6. The van der Waals surface area contributed by atoms with E-state index in [0.29, 0.717) is 5.41 Å². The second kappa shape index (κ2) is 5.65. The molecule has 1 aromatic rings. The van der Waals surface area contributed by atoms with Crippen molar-refractivity contribution in [1.29, 1.82) is 0 Å². The highest BCUT2D eigenvalue weighted by Crippen LogP contribution is 2.36. The Kier molecular flexibility index (Phi) is 4.19. The van der Waals surface area contributed by atoms with Crippen LogP contribution < -0.4 is 5.32 Å². The molecule has 0 atom stereocenters. The average molecular weight is 233 g/mol. The van der Waals surface area contributed by atoms with Gasteiger partial charge in [0.15, 0.2) is 0 Å². The Morgan fingerprint density at radius 1 is 1.24 bits per heavy atom. The van der Waals surface area contributed by atoms with Gasteiger partial charge in [-0.25, -0.2) is 0 Å². The third-order valence-corrected chi connectivity index (χ3v) is 3.81. The number of benzene rings is 1. The molecule has 0 radical (unpaired) electrons. The first-order valence-electron chi connectivity index (χ1n) is 6.62. The number of nitrogens with one attached hydrogen (secondary N) is 1. The molecule has 0 saturated carbocycles. The van der Waals surface area contributed by atoms with E-state index in [-0.39, 0.29) is 0 Å². The van der Waals surface area contributed by atoms with E-state index in [1.54, 1.807) is 0 Å². The molecule has 1 aromatic carbocycles. The molecule has 1 N–H and O–H groups in total. The SMILES string of the molecule is CCc1ccc(C2(CCCNC)COC2)cc1. The van der Waals surface area contributed by atoms with Crippen LogP contribution in [-0.4, -0.2) is 26.8 Å². The summed E-state index contributed by atoms with van der Waals surface area (Å²) in [6.07, 6.45) is 3.55. The van der Waals surface area contributed by atoms with Gasteiger partial charge in [0.1, 0.15) is 0 Å². The Morgan fingerprint density at radius 3 is 2.41 bits per heavy atom. The van der Waals surface area contributed by atoms with E-state index >= 15 is 0 Å². The van der Waals surface area contributed by atoms with Crippen molar-refractivity contribution in [1.82, 2.24) is 5.32 Å². The predicted octanol–water partition coefficient (Wildman–Crippen LogP) is 2.52. The van der Waals surface area contributed by atoms with Gasteiger partial charge < -0.3 is 10.1 Å². The van der Waals surface area contributed by atoms with Gasteiger partial charge in [0.25, 0.3) is 0 Å². The quantitative estimate of drug-likeness (QED) is 0.762. The molecule has 17 heavy (non-hydrogen) atoms. The smallest absolute Gasteiger partial charge is 0.0585 e. The molecule has 1 saturated heterocycles. The lowest BCUT2D eigenvalue weighted by Crippen LogP contribution is -2.47. The molecule has 1 heterocycles. The van der Waals surface area contributed by atoms with E-state index in [1.165, 1.54) is 24.0 Å². The van der Waals surface area contributed by atoms with Crippen LogP contribution in [0.4, 0.5) is 0 Å². The summed E-state index contributed by atoms with van der Waals surface area (Å²) in [7, 11) is 2.01. The highest BCUT2D eigenvalue weighted by Gasteiger charge is 2.39. The van der Waals surface area contributed by atoms with Gasteiger partial charge in [-0.05, 0) is 44.0 Å². The maximum Gasteiger partial charge on any atom is 0.0585 e. The van der Waals surface area contributed by atoms with Crippen molar-refractivity contribution >= 4 is 0 Å². The van der Waals surface area contributed by atoms with Crippen LogP contribution in [-0.2, 0) is 16.6 Å². The summed E-state index contributed by atoms with van der Waals surface area (Å²) < 4.78 is 5.46. The van der Waals surface area contributed by atoms with Crippen molar-refractivity contribution in [2.45, 2.75) is 31.6 Å².